The van der Waals surface area contributed by atoms with Crippen LogP contribution in [0.2, 0.25) is 0 Å². The van der Waals surface area contributed by atoms with Gasteiger partial charge in [0.25, 0.3) is 11.8 Å². The summed E-state index contributed by atoms with van der Waals surface area (Å²) in [5, 5.41) is 8.30. The highest BCUT2D eigenvalue weighted by atomic mass is 16.2. The first kappa shape index (κ1) is 17.6. The number of hydrogen-bond acceptors (Lipinski definition) is 4. The van der Waals surface area contributed by atoms with E-state index in [1.807, 2.05) is 6.92 Å². The normalized spacial score (nSPS) is 13.7. The minimum atomic E-state index is -0.377. The van der Waals surface area contributed by atoms with Crippen molar-refractivity contribution in [2.24, 2.45) is 5.10 Å². The number of aryl methyl sites for hydroxylation is 1. The van der Waals surface area contributed by atoms with E-state index in [2.05, 4.69) is 15.4 Å². The molecule has 2 N–H and O–H groups in total. The second-order valence-corrected chi connectivity index (χ2v) is 6.23. The Balaban J connectivity index is 1.81. The van der Waals surface area contributed by atoms with E-state index in [0.29, 0.717) is 29.8 Å². The molecule has 7 heteroatoms. The maximum atomic E-state index is 12.5. The molecule has 3 rings (SSSR count). The Hall–Kier alpha value is -3.22. The molecule has 0 saturated heterocycles. The third kappa shape index (κ3) is 3.88. The van der Waals surface area contributed by atoms with Gasteiger partial charge >= 0.3 is 0 Å². The molecule has 2 amide bonds. The molecular formula is C19H20N4O3. The van der Waals surface area contributed by atoms with Gasteiger partial charge in [0.05, 0.1) is 12.1 Å². The zero-order valence-electron chi connectivity index (χ0n) is 14.7. The highest BCUT2D eigenvalue weighted by molar-refractivity contribution is 6.12. The van der Waals surface area contributed by atoms with Gasteiger partial charge in [-0.05, 0) is 37.6 Å². The molecule has 0 fully saturated rings. The number of benzene rings is 1. The molecular weight excluding hydrogens is 332 g/mol. The third-order valence-corrected chi connectivity index (χ3v) is 3.94. The van der Waals surface area contributed by atoms with Crippen LogP contribution >= 0.6 is 0 Å². The van der Waals surface area contributed by atoms with E-state index >= 15 is 0 Å². The summed E-state index contributed by atoms with van der Waals surface area (Å²) >= 11 is 0. The number of amides is 2. The lowest BCUT2D eigenvalue weighted by Gasteiger charge is -2.13. The Kier molecular flexibility index (Phi) is 4.97. The lowest BCUT2D eigenvalue weighted by atomic mass is 10.1. The summed E-state index contributed by atoms with van der Waals surface area (Å²) in [6.07, 6.45) is 1.86. The van der Waals surface area contributed by atoms with Crippen molar-refractivity contribution in [3.05, 3.63) is 58.0 Å². The van der Waals surface area contributed by atoms with Gasteiger partial charge in [-0.3, -0.25) is 14.4 Å². The highest BCUT2D eigenvalue weighted by Gasteiger charge is 2.22. The van der Waals surface area contributed by atoms with Crippen LogP contribution in [0.25, 0.3) is 0 Å². The molecule has 134 valence electrons. The van der Waals surface area contributed by atoms with Crippen LogP contribution < -0.4 is 15.9 Å². The number of hydrogen-bond donors (Lipinski definition) is 2. The van der Waals surface area contributed by atoms with Crippen molar-refractivity contribution in [3.63, 3.8) is 0 Å². The van der Waals surface area contributed by atoms with Crippen molar-refractivity contribution < 1.29 is 9.59 Å². The Morgan fingerprint density at radius 2 is 2.08 bits per heavy atom. The van der Waals surface area contributed by atoms with E-state index in [4.69, 9.17) is 0 Å². The van der Waals surface area contributed by atoms with Gasteiger partial charge in [-0.25, -0.2) is 5.01 Å². The standard InChI is InChI=1S/C19H20N4O3/c1-3-5-14-9-13(10-17(24)20-14)19(26)21-15-6-4-7-16(11-15)23-18(25)8-12(2)22-23/h4,6-7,9-11H,3,5,8H2,1-2H3,(H,20,24)(H,21,26). The van der Waals surface area contributed by atoms with Gasteiger partial charge in [0.1, 0.15) is 0 Å². The quantitative estimate of drug-likeness (QED) is 0.866. The van der Waals surface area contributed by atoms with Gasteiger partial charge < -0.3 is 10.3 Å². The third-order valence-electron chi connectivity index (χ3n) is 3.94. The lowest BCUT2D eigenvalue weighted by molar-refractivity contribution is -0.116. The minimum Gasteiger partial charge on any atom is -0.326 e. The monoisotopic (exact) mass is 352 g/mol. The van der Waals surface area contributed by atoms with E-state index in [-0.39, 0.29) is 17.4 Å². The fraction of sp³-hybridized carbons (Fsp3) is 0.263. The average molecular weight is 352 g/mol. The Bertz CT molecular complexity index is 946. The van der Waals surface area contributed by atoms with Gasteiger partial charge in [-0.1, -0.05) is 19.4 Å². The number of H-pyrrole nitrogens is 1. The Labute approximate surface area is 150 Å². The summed E-state index contributed by atoms with van der Waals surface area (Å²) in [4.78, 5) is 38.9. The molecule has 26 heavy (non-hydrogen) atoms. The van der Waals surface area contributed by atoms with Crippen LogP contribution in [0, 0.1) is 0 Å². The highest BCUT2D eigenvalue weighted by Crippen LogP contribution is 2.24. The van der Waals surface area contributed by atoms with E-state index in [1.165, 1.54) is 11.1 Å². The second kappa shape index (κ2) is 7.35. The van der Waals surface area contributed by atoms with E-state index in [0.717, 1.165) is 17.8 Å². The van der Waals surface area contributed by atoms with E-state index in [9.17, 15) is 14.4 Å². The van der Waals surface area contributed by atoms with Crippen LogP contribution in [0.3, 0.4) is 0 Å². The van der Waals surface area contributed by atoms with Crippen LogP contribution in [0.1, 0.15) is 42.7 Å². The maximum absolute atomic E-state index is 12.5. The zero-order valence-corrected chi connectivity index (χ0v) is 14.7. The van der Waals surface area contributed by atoms with Crippen LogP contribution in [0.5, 0.6) is 0 Å². The molecule has 2 aromatic rings. The number of carbonyl (C=O) groups is 2. The van der Waals surface area contributed by atoms with Crippen molar-refractivity contribution >= 4 is 28.9 Å². The number of rotatable bonds is 5. The average Bonchev–Trinajstić information content (AvgIpc) is 2.93. The molecule has 1 aromatic carbocycles. The van der Waals surface area contributed by atoms with Crippen molar-refractivity contribution in [2.75, 3.05) is 10.3 Å². The number of nitrogens with one attached hydrogen (secondary N) is 2. The van der Waals surface area contributed by atoms with Crippen LogP contribution in [-0.4, -0.2) is 22.5 Å². The predicted octanol–water partition coefficient (Wildman–Crippen LogP) is 2.69. The number of nitrogens with zero attached hydrogens (tertiary/aromatic N) is 2. The smallest absolute Gasteiger partial charge is 0.255 e. The molecule has 1 aliphatic heterocycles. The largest absolute Gasteiger partial charge is 0.326 e. The zero-order chi connectivity index (χ0) is 18.7. The maximum Gasteiger partial charge on any atom is 0.255 e. The lowest BCUT2D eigenvalue weighted by Crippen LogP contribution is -2.20. The molecule has 0 spiro atoms. The molecule has 0 saturated carbocycles. The van der Waals surface area contributed by atoms with Crippen LogP contribution in [-0.2, 0) is 11.2 Å². The summed E-state index contributed by atoms with van der Waals surface area (Å²) in [6.45, 7) is 3.80. The van der Waals surface area contributed by atoms with Gasteiger partial charge in [-0.2, -0.15) is 5.10 Å². The molecule has 0 radical (unpaired) electrons. The summed E-state index contributed by atoms with van der Waals surface area (Å²) in [5.41, 5.74) is 2.58. The summed E-state index contributed by atoms with van der Waals surface area (Å²) < 4.78 is 0. The predicted molar refractivity (Wildman–Crippen MR) is 101 cm³/mol. The van der Waals surface area contributed by atoms with Crippen molar-refractivity contribution in [1.82, 2.24) is 4.98 Å². The SMILES string of the molecule is CCCc1cc(C(=O)Nc2cccc(N3N=C(C)CC3=O)c2)cc(=O)[nH]1. The molecule has 0 atom stereocenters. The van der Waals surface area contributed by atoms with Crippen molar-refractivity contribution in [1.29, 1.82) is 0 Å². The number of aromatic nitrogens is 1. The fourth-order valence-corrected chi connectivity index (χ4v) is 2.81. The molecule has 2 heterocycles. The van der Waals surface area contributed by atoms with E-state index in [1.54, 1.807) is 37.3 Å². The first-order valence-corrected chi connectivity index (χ1v) is 8.48. The summed E-state index contributed by atoms with van der Waals surface area (Å²) in [6, 6.07) is 9.85. The minimum absolute atomic E-state index is 0.107. The number of anilines is 2. The number of pyridine rings is 1. The molecule has 1 aromatic heterocycles. The summed E-state index contributed by atoms with van der Waals surface area (Å²) in [5.74, 6) is -0.484. The van der Waals surface area contributed by atoms with Gasteiger partial charge in [0, 0.05) is 28.7 Å². The molecule has 1 aliphatic rings. The first-order valence-electron chi connectivity index (χ1n) is 8.48. The van der Waals surface area contributed by atoms with E-state index < -0.39 is 0 Å². The van der Waals surface area contributed by atoms with Gasteiger partial charge in [-0.15, -0.1) is 0 Å². The van der Waals surface area contributed by atoms with Crippen LogP contribution in [0.4, 0.5) is 11.4 Å². The topological polar surface area (TPSA) is 94.6 Å². The Morgan fingerprint density at radius 1 is 1.27 bits per heavy atom. The number of hydrazone groups is 1. The van der Waals surface area contributed by atoms with Crippen molar-refractivity contribution in [3.8, 4) is 0 Å². The molecule has 7 nitrogen and oxygen atoms in total. The molecule has 0 unspecified atom stereocenters. The van der Waals surface area contributed by atoms with Gasteiger partial charge in [0.2, 0.25) is 5.56 Å². The number of aromatic amines is 1. The molecule has 0 aliphatic carbocycles. The second-order valence-electron chi connectivity index (χ2n) is 6.23. The first-order chi connectivity index (χ1) is 12.5. The van der Waals surface area contributed by atoms with Crippen molar-refractivity contribution in [2.45, 2.75) is 33.1 Å². The summed E-state index contributed by atoms with van der Waals surface area (Å²) in [7, 11) is 0. The molecule has 0 bridgehead atoms. The van der Waals surface area contributed by atoms with Gasteiger partial charge in [0.15, 0.2) is 0 Å². The van der Waals surface area contributed by atoms with Crippen LogP contribution in [0.15, 0.2) is 46.3 Å². The fourth-order valence-electron chi connectivity index (χ4n) is 2.81. The number of carbonyl (C=O) groups excluding carboxylic acids is 2. The Morgan fingerprint density at radius 3 is 2.77 bits per heavy atom.